The molecule has 0 aromatic carbocycles. The van der Waals surface area contributed by atoms with E-state index in [0.29, 0.717) is 25.3 Å². The third-order valence-electron chi connectivity index (χ3n) is 5.59. The Hall–Kier alpha value is -1.70. The number of halogens is 2. The second kappa shape index (κ2) is 7.73. The highest BCUT2D eigenvalue weighted by Gasteiger charge is 2.39. The van der Waals surface area contributed by atoms with Crippen LogP contribution in [-0.2, 0) is 14.9 Å². The normalized spacial score (nSPS) is 26.0. The molecule has 1 aromatic rings. The number of piperidine rings is 1. The summed E-state index contributed by atoms with van der Waals surface area (Å²) in [4.78, 5) is 14.0. The fourth-order valence-corrected chi connectivity index (χ4v) is 4.03. The lowest BCUT2D eigenvalue weighted by molar-refractivity contribution is -0.137. The molecule has 0 spiro atoms. The number of hydrogen-bond donors (Lipinski definition) is 1. The van der Waals surface area contributed by atoms with E-state index in [1.807, 2.05) is 26.8 Å². The van der Waals surface area contributed by atoms with Gasteiger partial charge in [0.15, 0.2) is 0 Å². The quantitative estimate of drug-likeness (QED) is 0.867. The molecule has 2 aliphatic heterocycles. The number of nitrogens with one attached hydrogen (secondary N) is 1. The standard InChI is InChI=1S/C19H30F2N4O2/c1-19(2,3)15-9-16-22-13(8-14(18(20)21)25(16)23-15)12-6-5-7-24(10-12)17(26)11-27-4/h9,12-14,18,22H,5-8,10-11H2,1-4H3/t12?,13-,14+/m0/s1. The van der Waals surface area contributed by atoms with E-state index < -0.39 is 12.5 Å². The minimum Gasteiger partial charge on any atom is -0.375 e. The van der Waals surface area contributed by atoms with Gasteiger partial charge in [0.1, 0.15) is 18.5 Å². The van der Waals surface area contributed by atoms with E-state index in [1.165, 1.54) is 11.8 Å². The van der Waals surface area contributed by atoms with E-state index in [2.05, 4.69) is 10.4 Å². The zero-order chi connectivity index (χ0) is 19.8. The van der Waals surface area contributed by atoms with Crippen molar-refractivity contribution in [1.82, 2.24) is 14.7 Å². The number of nitrogens with zero attached hydrogens (tertiary/aromatic N) is 3. The predicted molar refractivity (Wildman–Crippen MR) is 99.2 cm³/mol. The predicted octanol–water partition coefficient (Wildman–Crippen LogP) is 3.06. The van der Waals surface area contributed by atoms with Crippen LogP contribution in [0.15, 0.2) is 6.07 Å². The van der Waals surface area contributed by atoms with Crippen molar-refractivity contribution in [2.24, 2.45) is 5.92 Å². The summed E-state index contributed by atoms with van der Waals surface area (Å²) >= 11 is 0. The third kappa shape index (κ3) is 4.25. The van der Waals surface area contributed by atoms with Crippen LogP contribution in [0.5, 0.6) is 0 Å². The number of fused-ring (bicyclic) bond motifs is 1. The molecule has 8 heteroatoms. The second-order valence-corrected chi connectivity index (χ2v) is 8.67. The number of ether oxygens (including phenoxy) is 1. The highest BCUT2D eigenvalue weighted by Crippen LogP contribution is 2.38. The van der Waals surface area contributed by atoms with Gasteiger partial charge in [-0.05, 0) is 25.2 Å². The first kappa shape index (κ1) is 20.0. The first-order valence-corrected chi connectivity index (χ1v) is 9.62. The fraction of sp³-hybridized carbons (Fsp3) is 0.789. The van der Waals surface area contributed by atoms with Gasteiger partial charge in [-0.1, -0.05) is 20.8 Å². The molecular formula is C19H30F2N4O2. The maximum absolute atomic E-state index is 13.8. The Labute approximate surface area is 159 Å². The molecule has 1 N–H and O–H groups in total. The van der Waals surface area contributed by atoms with Crippen LogP contribution in [0, 0.1) is 5.92 Å². The number of likely N-dealkylation sites (tertiary alicyclic amines) is 1. The molecule has 1 saturated heterocycles. The van der Waals surface area contributed by atoms with E-state index in [-0.39, 0.29) is 29.9 Å². The Morgan fingerprint density at radius 2 is 2.19 bits per heavy atom. The van der Waals surface area contributed by atoms with Gasteiger partial charge >= 0.3 is 0 Å². The molecule has 3 atom stereocenters. The average Bonchev–Trinajstić information content (AvgIpc) is 3.05. The summed E-state index contributed by atoms with van der Waals surface area (Å²) in [7, 11) is 1.50. The molecule has 3 rings (SSSR count). The molecule has 2 aliphatic rings. The van der Waals surface area contributed by atoms with Gasteiger partial charge < -0.3 is 15.0 Å². The zero-order valence-corrected chi connectivity index (χ0v) is 16.5. The summed E-state index contributed by atoms with van der Waals surface area (Å²) in [5.41, 5.74) is 0.597. The first-order chi connectivity index (χ1) is 12.7. The minimum absolute atomic E-state index is 0.0384. The number of anilines is 1. The van der Waals surface area contributed by atoms with Crippen molar-refractivity contribution in [3.63, 3.8) is 0 Å². The molecule has 152 valence electrons. The Balaban J connectivity index is 1.80. The van der Waals surface area contributed by atoms with Crippen LogP contribution >= 0.6 is 0 Å². The van der Waals surface area contributed by atoms with Crippen molar-refractivity contribution in [1.29, 1.82) is 0 Å². The monoisotopic (exact) mass is 384 g/mol. The number of rotatable bonds is 4. The van der Waals surface area contributed by atoms with Crippen LogP contribution in [0.25, 0.3) is 0 Å². The Bertz CT molecular complexity index is 671. The number of methoxy groups -OCH3 is 1. The Kier molecular flexibility index (Phi) is 5.74. The lowest BCUT2D eigenvalue weighted by atomic mass is 9.86. The van der Waals surface area contributed by atoms with Crippen molar-refractivity contribution < 1.29 is 18.3 Å². The SMILES string of the molecule is COCC(=O)N1CCCC([C@@H]2C[C@H](C(F)F)n3nc(C(C)(C)C)cc3N2)C1. The molecular weight excluding hydrogens is 354 g/mol. The highest BCUT2D eigenvalue weighted by atomic mass is 19.3. The van der Waals surface area contributed by atoms with Crippen LogP contribution in [0.1, 0.15) is 51.8 Å². The van der Waals surface area contributed by atoms with Gasteiger partial charge in [-0.15, -0.1) is 0 Å². The van der Waals surface area contributed by atoms with Gasteiger partial charge in [-0.2, -0.15) is 5.10 Å². The van der Waals surface area contributed by atoms with E-state index in [9.17, 15) is 13.6 Å². The van der Waals surface area contributed by atoms with Gasteiger partial charge in [0, 0.05) is 37.7 Å². The zero-order valence-electron chi connectivity index (χ0n) is 16.5. The minimum atomic E-state index is -2.48. The van der Waals surface area contributed by atoms with Crippen molar-refractivity contribution in [3.05, 3.63) is 11.8 Å². The first-order valence-electron chi connectivity index (χ1n) is 9.62. The fourth-order valence-electron chi connectivity index (χ4n) is 4.03. The lowest BCUT2D eigenvalue weighted by Crippen LogP contribution is -2.49. The van der Waals surface area contributed by atoms with Crippen molar-refractivity contribution in [3.8, 4) is 0 Å². The molecule has 1 fully saturated rings. The lowest BCUT2D eigenvalue weighted by Gasteiger charge is -2.41. The third-order valence-corrected chi connectivity index (χ3v) is 5.59. The van der Waals surface area contributed by atoms with E-state index in [4.69, 9.17) is 4.74 Å². The van der Waals surface area contributed by atoms with E-state index in [1.54, 1.807) is 4.90 Å². The molecule has 1 amide bonds. The second-order valence-electron chi connectivity index (χ2n) is 8.67. The maximum atomic E-state index is 13.8. The largest absolute Gasteiger partial charge is 0.375 e. The molecule has 0 saturated carbocycles. The van der Waals surface area contributed by atoms with Crippen molar-refractivity contribution >= 4 is 11.7 Å². The number of alkyl halides is 2. The summed E-state index contributed by atoms with van der Waals surface area (Å²) < 4.78 is 34.0. The maximum Gasteiger partial charge on any atom is 0.260 e. The number of hydrogen-bond acceptors (Lipinski definition) is 4. The summed E-state index contributed by atoms with van der Waals surface area (Å²) in [6.45, 7) is 7.42. The summed E-state index contributed by atoms with van der Waals surface area (Å²) in [6.07, 6.45) is -0.363. The Morgan fingerprint density at radius 1 is 1.44 bits per heavy atom. The number of carbonyl (C=O) groups is 1. The van der Waals surface area contributed by atoms with Crippen LogP contribution in [0.4, 0.5) is 14.6 Å². The van der Waals surface area contributed by atoms with Gasteiger partial charge in [0.2, 0.25) is 5.91 Å². The van der Waals surface area contributed by atoms with Gasteiger partial charge in [0.25, 0.3) is 6.43 Å². The van der Waals surface area contributed by atoms with Crippen LogP contribution in [0.2, 0.25) is 0 Å². The summed E-state index contributed by atoms with van der Waals surface area (Å²) in [6, 6.07) is 0.852. The van der Waals surface area contributed by atoms with Gasteiger partial charge in [0.05, 0.1) is 5.69 Å². The molecule has 0 bridgehead atoms. The van der Waals surface area contributed by atoms with E-state index >= 15 is 0 Å². The Morgan fingerprint density at radius 3 is 2.81 bits per heavy atom. The van der Waals surface area contributed by atoms with Gasteiger partial charge in [-0.25, -0.2) is 13.5 Å². The van der Waals surface area contributed by atoms with Gasteiger partial charge in [-0.3, -0.25) is 4.79 Å². The van der Waals surface area contributed by atoms with Crippen LogP contribution in [-0.4, -0.2) is 59.9 Å². The number of carbonyl (C=O) groups excluding carboxylic acids is 1. The molecule has 3 heterocycles. The molecule has 6 nitrogen and oxygen atoms in total. The topological polar surface area (TPSA) is 59.4 Å². The van der Waals surface area contributed by atoms with E-state index in [0.717, 1.165) is 18.5 Å². The highest BCUT2D eigenvalue weighted by molar-refractivity contribution is 5.77. The number of aromatic nitrogens is 2. The van der Waals surface area contributed by atoms with Crippen LogP contribution in [0.3, 0.4) is 0 Å². The molecule has 0 aliphatic carbocycles. The molecule has 1 aromatic heterocycles. The molecule has 27 heavy (non-hydrogen) atoms. The van der Waals surface area contributed by atoms with Crippen LogP contribution < -0.4 is 5.32 Å². The van der Waals surface area contributed by atoms with Crippen molar-refractivity contribution in [2.45, 2.75) is 64.0 Å². The average molecular weight is 384 g/mol. The van der Waals surface area contributed by atoms with Crippen molar-refractivity contribution in [2.75, 3.05) is 32.1 Å². The number of amides is 1. The summed E-state index contributed by atoms with van der Waals surface area (Å²) in [5.74, 6) is 0.757. The smallest absolute Gasteiger partial charge is 0.260 e. The molecule has 1 unspecified atom stereocenters. The summed E-state index contributed by atoms with van der Waals surface area (Å²) in [5, 5.41) is 7.90. The molecule has 0 radical (unpaired) electrons.